The van der Waals surface area contributed by atoms with Crippen LogP contribution in [0.25, 0.3) is 0 Å². The van der Waals surface area contributed by atoms with Crippen molar-refractivity contribution >= 4 is 33.2 Å². The third kappa shape index (κ3) is 3.02. The van der Waals surface area contributed by atoms with Crippen LogP contribution in [0.1, 0.15) is 32.6 Å². The van der Waals surface area contributed by atoms with Crippen molar-refractivity contribution in [1.82, 2.24) is 0 Å². The van der Waals surface area contributed by atoms with Gasteiger partial charge in [-0.2, -0.15) is 0 Å². The minimum absolute atomic E-state index is 0.0364. The number of rotatable bonds is 4. The van der Waals surface area contributed by atoms with Crippen molar-refractivity contribution in [3.63, 3.8) is 0 Å². The molecule has 23 heavy (non-hydrogen) atoms. The van der Waals surface area contributed by atoms with Gasteiger partial charge >= 0.3 is 5.97 Å². The number of carbonyl (C=O) groups is 2. The Morgan fingerprint density at radius 2 is 2.00 bits per heavy atom. The van der Waals surface area contributed by atoms with Gasteiger partial charge in [0.25, 0.3) is 0 Å². The molecule has 2 atom stereocenters. The molecule has 1 aromatic rings. The van der Waals surface area contributed by atoms with Gasteiger partial charge in [-0.05, 0) is 37.8 Å². The number of hydrogen-bond donors (Lipinski definition) is 0. The molecule has 0 N–H and O–H groups in total. The summed E-state index contributed by atoms with van der Waals surface area (Å²) in [5, 5.41) is 0.0461. The van der Waals surface area contributed by atoms with Gasteiger partial charge in [-0.1, -0.05) is 23.7 Å². The maximum Gasteiger partial charge on any atom is 0.327 e. The first kappa shape index (κ1) is 17.9. The van der Waals surface area contributed by atoms with Crippen molar-refractivity contribution < 1.29 is 22.7 Å². The van der Waals surface area contributed by atoms with E-state index in [0.29, 0.717) is 19.3 Å². The molecule has 0 spiro atoms. The summed E-state index contributed by atoms with van der Waals surface area (Å²) in [6, 6.07) is 5.98. The Balaban J connectivity index is 2.60. The zero-order valence-electron chi connectivity index (χ0n) is 13.0. The van der Waals surface area contributed by atoms with E-state index in [4.69, 9.17) is 16.3 Å². The van der Waals surface area contributed by atoms with E-state index in [9.17, 15) is 18.0 Å². The number of halogens is 1. The van der Waals surface area contributed by atoms with Gasteiger partial charge < -0.3 is 4.74 Å². The van der Waals surface area contributed by atoms with E-state index in [2.05, 4.69) is 0 Å². The molecule has 1 saturated carbocycles. The fourth-order valence-corrected chi connectivity index (χ4v) is 5.51. The van der Waals surface area contributed by atoms with Gasteiger partial charge in [0.1, 0.15) is 5.78 Å². The Kier molecular flexibility index (Phi) is 5.16. The van der Waals surface area contributed by atoms with E-state index < -0.39 is 26.5 Å². The fourth-order valence-electron chi connectivity index (χ4n) is 3.08. The van der Waals surface area contributed by atoms with Gasteiger partial charge in [-0.15, -0.1) is 0 Å². The Hall–Kier alpha value is -1.40. The molecule has 2 rings (SSSR count). The van der Waals surface area contributed by atoms with Gasteiger partial charge in [-0.3, -0.25) is 9.59 Å². The quantitative estimate of drug-likeness (QED) is 0.773. The van der Waals surface area contributed by atoms with Crippen LogP contribution in [0.4, 0.5) is 0 Å². The molecule has 2 unspecified atom stereocenters. The smallest absolute Gasteiger partial charge is 0.327 e. The zero-order valence-corrected chi connectivity index (χ0v) is 14.6. The molecular formula is C16H19ClO5S. The van der Waals surface area contributed by atoms with E-state index in [1.54, 1.807) is 12.1 Å². The number of hydrogen-bond acceptors (Lipinski definition) is 5. The summed E-state index contributed by atoms with van der Waals surface area (Å²) in [5.41, 5.74) is 0. The number of methoxy groups -OCH3 is 1. The second-order valence-electron chi connectivity index (χ2n) is 5.86. The molecule has 0 amide bonds. The van der Waals surface area contributed by atoms with E-state index >= 15 is 0 Å². The van der Waals surface area contributed by atoms with Crippen LogP contribution in [-0.2, 0) is 24.2 Å². The Morgan fingerprint density at radius 1 is 1.35 bits per heavy atom. The van der Waals surface area contributed by atoms with Gasteiger partial charge in [-0.25, -0.2) is 8.42 Å². The number of carbonyl (C=O) groups excluding carboxylic acids is 2. The van der Waals surface area contributed by atoms with E-state index in [-0.39, 0.29) is 22.1 Å². The molecule has 7 heteroatoms. The average Bonchev–Trinajstić information content (AvgIpc) is 2.53. The molecule has 0 saturated heterocycles. The molecule has 0 heterocycles. The SMILES string of the molecule is COC(=O)C(C)(C1CCCC(=O)C1)S(=O)(=O)c1ccccc1Cl. The predicted octanol–water partition coefficient (Wildman–Crippen LogP) is 2.80. The molecule has 1 aromatic carbocycles. The summed E-state index contributed by atoms with van der Waals surface area (Å²) in [6.07, 6.45) is 1.50. The lowest BCUT2D eigenvalue weighted by atomic mass is 9.79. The maximum absolute atomic E-state index is 13.2. The van der Waals surface area contributed by atoms with Gasteiger partial charge in [0.15, 0.2) is 14.6 Å². The second-order valence-corrected chi connectivity index (χ2v) is 8.57. The number of sulfone groups is 1. The number of ether oxygens (including phenoxy) is 1. The van der Waals surface area contributed by atoms with Crippen LogP contribution in [0.2, 0.25) is 5.02 Å². The number of ketones is 1. The van der Waals surface area contributed by atoms with Crippen LogP contribution in [0.15, 0.2) is 29.2 Å². The fraction of sp³-hybridized carbons (Fsp3) is 0.500. The lowest BCUT2D eigenvalue weighted by molar-refractivity contribution is -0.145. The van der Waals surface area contributed by atoms with Crippen LogP contribution < -0.4 is 0 Å². The standard InChI is InChI=1S/C16H19ClO5S/c1-16(15(19)22-2,11-6-5-7-12(18)10-11)23(20,21)14-9-4-3-8-13(14)17/h3-4,8-9,11H,5-7,10H2,1-2H3. The van der Waals surface area contributed by atoms with Gasteiger partial charge in [0.2, 0.25) is 0 Å². The molecule has 1 aliphatic carbocycles. The lowest BCUT2D eigenvalue weighted by Crippen LogP contribution is -2.52. The molecule has 0 radical (unpaired) electrons. The average molecular weight is 359 g/mol. The van der Waals surface area contributed by atoms with Crippen LogP contribution in [0, 0.1) is 5.92 Å². The zero-order chi connectivity index (χ0) is 17.3. The van der Waals surface area contributed by atoms with Crippen molar-refractivity contribution in [2.75, 3.05) is 7.11 Å². The Labute approximate surface area is 140 Å². The molecule has 126 valence electrons. The molecule has 0 aliphatic heterocycles. The highest BCUT2D eigenvalue weighted by Gasteiger charge is 2.55. The monoisotopic (exact) mass is 358 g/mol. The third-order valence-electron chi connectivity index (χ3n) is 4.54. The largest absolute Gasteiger partial charge is 0.468 e. The van der Waals surface area contributed by atoms with E-state index in [1.807, 2.05) is 0 Å². The van der Waals surface area contributed by atoms with Crippen LogP contribution in [0.3, 0.4) is 0 Å². The summed E-state index contributed by atoms with van der Waals surface area (Å²) in [7, 11) is -2.98. The highest BCUT2D eigenvalue weighted by atomic mass is 35.5. The summed E-state index contributed by atoms with van der Waals surface area (Å²) in [4.78, 5) is 24.1. The predicted molar refractivity (Wildman–Crippen MR) is 86.0 cm³/mol. The number of esters is 1. The van der Waals surface area contributed by atoms with Crippen molar-refractivity contribution in [1.29, 1.82) is 0 Å². The van der Waals surface area contributed by atoms with Crippen LogP contribution >= 0.6 is 11.6 Å². The summed E-state index contributed by atoms with van der Waals surface area (Å²) in [5.74, 6) is -1.53. The van der Waals surface area contributed by atoms with Gasteiger partial charge in [0, 0.05) is 12.8 Å². The normalized spacial score (nSPS) is 21.5. The highest BCUT2D eigenvalue weighted by Crippen LogP contribution is 2.42. The number of Topliss-reactive ketones (excluding diaryl/α,β-unsaturated/α-hetero) is 1. The molecule has 1 fully saturated rings. The minimum atomic E-state index is -4.12. The Morgan fingerprint density at radius 3 is 2.57 bits per heavy atom. The summed E-state index contributed by atoms with van der Waals surface area (Å²) in [6.45, 7) is 1.33. The minimum Gasteiger partial charge on any atom is -0.468 e. The molecule has 1 aliphatic rings. The number of benzene rings is 1. The van der Waals surface area contributed by atoms with Crippen molar-refractivity contribution in [2.24, 2.45) is 5.92 Å². The van der Waals surface area contributed by atoms with Crippen molar-refractivity contribution in [2.45, 2.75) is 42.2 Å². The first-order valence-corrected chi connectivity index (χ1v) is 9.20. The van der Waals surface area contributed by atoms with Crippen molar-refractivity contribution in [3.05, 3.63) is 29.3 Å². The van der Waals surface area contributed by atoms with Crippen molar-refractivity contribution in [3.8, 4) is 0 Å². The maximum atomic E-state index is 13.2. The first-order valence-electron chi connectivity index (χ1n) is 7.34. The lowest BCUT2D eigenvalue weighted by Gasteiger charge is -2.36. The molecule has 0 aromatic heterocycles. The molecule has 0 bridgehead atoms. The van der Waals surface area contributed by atoms with Crippen LogP contribution in [-0.4, -0.2) is 32.0 Å². The third-order valence-corrected chi connectivity index (χ3v) is 7.53. The first-order chi connectivity index (χ1) is 10.7. The Bertz CT molecular complexity index is 728. The van der Waals surface area contributed by atoms with E-state index in [1.165, 1.54) is 19.1 Å². The van der Waals surface area contributed by atoms with Gasteiger partial charge in [0.05, 0.1) is 17.0 Å². The second kappa shape index (κ2) is 6.61. The molecular weight excluding hydrogens is 340 g/mol. The topological polar surface area (TPSA) is 77.5 Å². The molecule has 5 nitrogen and oxygen atoms in total. The highest BCUT2D eigenvalue weighted by molar-refractivity contribution is 7.93. The van der Waals surface area contributed by atoms with E-state index in [0.717, 1.165) is 7.11 Å². The van der Waals surface area contributed by atoms with Crippen LogP contribution in [0.5, 0.6) is 0 Å². The summed E-state index contributed by atoms with van der Waals surface area (Å²) >= 11 is 6.03. The summed E-state index contributed by atoms with van der Waals surface area (Å²) < 4.78 is 29.3.